The number of aliphatic hydroxyl groups is 4. The number of hydrogen-bond donors (Lipinski definition) is 6. The normalized spacial score (nSPS) is 23.6. The summed E-state index contributed by atoms with van der Waals surface area (Å²) >= 11 is 0. The van der Waals surface area contributed by atoms with Crippen molar-refractivity contribution in [1.29, 1.82) is 0 Å². The first kappa shape index (κ1) is 26.3. The molecule has 2 heterocycles. The molecule has 2 aromatic carbocycles. The summed E-state index contributed by atoms with van der Waals surface area (Å²) in [6.45, 7) is -0.650. The average Bonchev–Trinajstić information content (AvgIpc) is 2.89. The van der Waals surface area contributed by atoms with Gasteiger partial charge in [-0.25, -0.2) is 0 Å². The smallest absolute Gasteiger partial charge is 0.239 e. The van der Waals surface area contributed by atoms with Gasteiger partial charge in [0.05, 0.1) is 27.9 Å². The first-order valence-corrected chi connectivity index (χ1v) is 11.0. The van der Waals surface area contributed by atoms with Crippen LogP contribution in [-0.4, -0.2) is 89.3 Å². The molecule has 1 fully saturated rings. The number of phenols is 2. The molecule has 0 spiro atoms. The van der Waals surface area contributed by atoms with Gasteiger partial charge in [-0.05, 0) is 18.2 Å². The van der Waals surface area contributed by atoms with Gasteiger partial charge in [0.15, 0.2) is 28.8 Å². The minimum Gasteiger partial charge on any atom is -0.504 e. The molecule has 3 unspecified atom stereocenters. The molecule has 0 saturated carbocycles. The van der Waals surface area contributed by atoms with Crippen LogP contribution < -0.4 is 24.4 Å². The number of ether oxygens (including phenoxy) is 5. The Morgan fingerprint density at radius 3 is 2.19 bits per heavy atom. The quantitative estimate of drug-likeness (QED) is 0.244. The molecule has 1 aliphatic heterocycles. The minimum absolute atomic E-state index is 0.0444. The van der Waals surface area contributed by atoms with E-state index in [-0.39, 0.29) is 45.3 Å². The summed E-state index contributed by atoms with van der Waals surface area (Å²) in [7, 11) is 3.88. The van der Waals surface area contributed by atoms with Crippen molar-refractivity contribution in [3.05, 3.63) is 34.5 Å². The fraction of sp³-hybridized carbons (Fsp3) is 0.375. The molecule has 1 aliphatic rings. The fourth-order valence-corrected chi connectivity index (χ4v) is 4.05. The van der Waals surface area contributed by atoms with Crippen molar-refractivity contribution in [2.24, 2.45) is 0 Å². The van der Waals surface area contributed by atoms with Crippen LogP contribution in [0.15, 0.2) is 33.5 Å². The lowest BCUT2D eigenvalue weighted by Gasteiger charge is -2.39. The van der Waals surface area contributed by atoms with Crippen molar-refractivity contribution in [3.8, 4) is 45.8 Å². The van der Waals surface area contributed by atoms with Gasteiger partial charge in [-0.15, -0.1) is 0 Å². The van der Waals surface area contributed by atoms with Gasteiger partial charge >= 0.3 is 0 Å². The minimum atomic E-state index is -1.69. The molecule has 0 radical (unpaired) electrons. The maximum absolute atomic E-state index is 13.2. The van der Waals surface area contributed by atoms with Crippen LogP contribution >= 0.6 is 0 Å². The molecule has 37 heavy (non-hydrogen) atoms. The molecule has 1 aromatic heterocycles. The van der Waals surface area contributed by atoms with E-state index in [1.165, 1.54) is 45.6 Å². The molecule has 4 rings (SSSR count). The highest BCUT2D eigenvalue weighted by molar-refractivity contribution is 5.91. The van der Waals surface area contributed by atoms with Gasteiger partial charge in [-0.3, -0.25) is 4.79 Å². The Morgan fingerprint density at radius 1 is 0.892 bits per heavy atom. The van der Waals surface area contributed by atoms with E-state index in [9.17, 15) is 35.4 Å². The summed E-state index contributed by atoms with van der Waals surface area (Å²) in [5.41, 5.74) is -0.570. The zero-order valence-corrected chi connectivity index (χ0v) is 19.9. The molecule has 3 aromatic rings. The lowest BCUT2D eigenvalue weighted by atomic mass is 9.99. The monoisotopic (exact) mass is 522 g/mol. The fourth-order valence-electron chi connectivity index (χ4n) is 4.05. The van der Waals surface area contributed by atoms with Gasteiger partial charge in [0.25, 0.3) is 0 Å². The number of fused-ring (bicyclic) bond motifs is 1. The molecule has 1 saturated heterocycles. The third-order valence-electron chi connectivity index (χ3n) is 5.98. The maximum atomic E-state index is 13.2. The molecule has 200 valence electrons. The van der Waals surface area contributed by atoms with E-state index in [1.807, 2.05) is 0 Å². The number of aromatic hydroxyl groups is 2. The Morgan fingerprint density at radius 2 is 1.59 bits per heavy atom. The number of hydrogen-bond acceptors (Lipinski definition) is 13. The molecule has 0 aliphatic carbocycles. The summed E-state index contributed by atoms with van der Waals surface area (Å²) < 4.78 is 32.2. The summed E-state index contributed by atoms with van der Waals surface area (Å²) in [5, 5.41) is 60.3. The average molecular weight is 522 g/mol. The maximum Gasteiger partial charge on any atom is 0.239 e. The highest BCUT2D eigenvalue weighted by Crippen LogP contribution is 2.44. The van der Waals surface area contributed by atoms with E-state index >= 15 is 0 Å². The molecular weight excluding hydrogens is 496 g/mol. The van der Waals surface area contributed by atoms with Gasteiger partial charge in [0.2, 0.25) is 23.2 Å². The van der Waals surface area contributed by atoms with Crippen LogP contribution in [0, 0.1) is 0 Å². The molecule has 13 nitrogen and oxygen atoms in total. The summed E-state index contributed by atoms with van der Waals surface area (Å²) in [5.74, 6) is -1.45. The number of aliphatic hydroxyl groups excluding tert-OH is 4. The third-order valence-corrected chi connectivity index (χ3v) is 5.98. The third kappa shape index (κ3) is 4.47. The first-order chi connectivity index (χ1) is 17.7. The van der Waals surface area contributed by atoms with Crippen LogP contribution in [0.5, 0.6) is 34.5 Å². The van der Waals surface area contributed by atoms with Gasteiger partial charge in [0, 0.05) is 11.6 Å². The summed E-state index contributed by atoms with van der Waals surface area (Å²) in [4.78, 5) is 13.2. The van der Waals surface area contributed by atoms with Gasteiger partial charge < -0.3 is 58.7 Å². The predicted molar refractivity (Wildman–Crippen MR) is 125 cm³/mol. The Hall–Kier alpha value is -3.75. The number of phenolic OH excluding ortho intramolecular Hbond substituents is 2. The lowest BCUT2D eigenvalue weighted by Crippen LogP contribution is -2.60. The van der Waals surface area contributed by atoms with E-state index < -0.39 is 54.2 Å². The molecule has 0 bridgehead atoms. The van der Waals surface area contributed by atoms with Crippen molar-refractivity contribution in [3.63, 3.8) is 0 Å². The standard InChI is InChI=1S/C24H26O13/c1-32-13-7-12-15(17(28)22(13)33-2)18(29)23(34-3)21(35-12)9-4-5-11(10(26)6-9)36-24-20(31)19(30)16(27)14(8-25)37-24/h4-7,14,16,19-20,24-28,30-31H,8H2,1-3H3/t14?,16-,19?,20?,24-/m1/s1. The number of methoxy groups -OCH3 is 3. The Balaban J connectivity index is 1.75. The number of rotatable bonds is 7. The van der Waals surface area contributed by atoms with Crippen molar-refractivity contribution in [2.45, 2.75) is 30.7 Å². The molecule has 0 amide bonds. The second-order valence-corrected chi connectivity index (χ2v) is 8.13. The number of benzene rings is 2. The highest BCUT2D eigenvalue weighted by Gasteiger charge is 2.45. The van der Waals surface area contributed by atoms with Gasteiger partial charge in [0.1, 0.15) is 35.4 Å². The van der Waals surface area contributed by atoms with Crippen LogP contribution in [0.4, 0.5) is 0 Å². The topological polar surface area (TPSA) is 198 Å². The Labute approximate surface area is 209 Å². The molecule has 5 atom stereocenters. The predicted octanol–water partition coefficient (Wildman–Crippen LogP) is 0.0757. The van der Waals surface area contributed by atoms with E-state index in [4.69, 9.17) is 28.1 Å². The largest absolute Gasteiger partial charge is 0.504 e. The van der Waals surface area contributed by atoms with E-state index in [0.29, 0.717) is 0 Å². The first-order valence-electron chi connectivity index (χ1n) is 11.0. The van der Waals surface area contributed by atoms with Crippen molar-refractivity contribution in [1.82, 2.24) is 0 Å². The van der Waals surface area contributed by atoms with Crippen LogP contribution in [-0.2, 0) is 4.74 Å². The van der Waals surface area contributed by atoms with Crippen molar-refractivity contribution in [2.75, 3.05) is 27.9 Å². The Kier molecular flexibility index (Phi) is 7.34. The molecule has 6 N–H and O–H groups in total. The second-order valence-electron chi connectivity index (χ2n) is 8.13. The summed E-state index contributed by atoms with van der Waals surface area (Å²) in [6, 6.07) is 5.23. The Bertz CT molecular complexity index is 1350. The second kappa shape index (κ2) is 10.3. The summed E-state index contributed by atoms with van der Waals surface area (Å²) in [6.07, 6.45) is -7.65. The van der Waals surface area contributed by atoms with E-state index in [1.54, 1.807) is 0 Å². The van der Waals surface area contributed by atoms with Crippen LogP contribution in [0.1, 0.15) is 0 Å². The van der Waals surface area contributed by atoms with Crippen LogP contribution in [0.3, 0.4) is 0 Å². The van der Waals surface area contributed by atoms with Crippen LogP contribution in [0.25, 0.3) is 22.3 Å². The van der Waals surface area contributed by atoms with Gasteiger partial charge in [-0.1, -0.05) is 0 Å². The SMILES string of the molecule is COc1cc2oc(-c3ccc(O[C@@H]4OC(CO)[C@@H](O)C(O)C4O)c(O)c3)c(OC)c(=O)c2c(O)c1OC. The molecule has 13 heteroatoms. The van der Waals surface area contributed by atoms with E-state index in [2.05, 4.69) is 0 Å². The van der Waals surface area contributed by atoms with Crippen LogP contribution in [0.2, 0.25) is 0 Å². The van der Waals surface area contributed by atoms with Gasteiger partial charge in [-0.2, -0.15) is 0 Å². The lowest BCUT2D eigenvalue weighted by molar-refractivity contribution is -0.277. The molecular formula is C24H26O13. The van der Waals surface area contributed by atoms with E-state index in [0.717, 1.165) is 0 Å². The van der Waals surface area contributed by atoms with Crippen molar-refractivity contribution < 1.29 is 58.7 Å². The van der Waals surface area contributed by atoms with Crippen molar-refractivity contribution >= 4 is 11.0 Å². The zero-order valence-electron chi connectivity index (χ0n) is 19.9. The zero-order chi connectivity index (χ0) is 27.0. The highest BCUT2D eigenvalue weighted by atomic mass is 16.7.